The van der Waals surface area contributed by atoms with Gasteiger partial charge in [-0.15, -0.1) is 0 Å². The van der Waals surface area contributed by atoms with Crippen molar-refractivity contribution in [2.24, 2.45) is 0 Å². The van der Waals surface area contributed by atoms with E-state index < -0.39 is 26.5 Å². The van der Waals surface area contributed by atoms with Gasteiger partial charge in [0.15, 0.2) is 0 Å². The van der Waals surface area contributed by atoms with Gasteiger partial charge in [0.05, 0.1) is 0 Å². The van der Waals surface area contributed by atoms with Crippen LogP contribution in [0.5, 0.6) is 0 Å². The van der Waals surface area contributed by atoms with E-state index in [4.69, 9.17) is 9.16 Å². The number of rotatable bonds is 9. The summed E-state index contributed by atoms with van der Waals surface area (Å²) in [6.45, 7) is 6.95. The van der Waals surface area contributed by atoms with E-state index >= 15 is 0 Å². The molecule has 0 saturated carbocycles. The molecule has 0 heterocycles. The molecule has 0 radical (unpaired) electrons. The summed E-state index contributed by atoms with van der Waals surface area (Å²) in [6.07, 6.45) is -1.21. The second-order valence-corrected chi connectivity index (χ2v) is 13.1. The zero-order valence-corrected chi connectivity index (χ0v) is 20.0. The second kappa shape index (κ2) is 10.6. The number of carbonyl (C=O) groups is 2. The fourth-order valence-electron chi connectivity index (χ4n) is 3.72. The Kier molecular flexibility index (Phi) is 8.41. The van der Waals surface area contributed by atoms with Crippen molar-refractivity contribution in [3.05, 3.63) is 60.7 Å². The smallest absolute Gasteiger partial charge is 0.410 e. The monoisotopic (exact) mass is 443 g/mol. The largest absolute Gasteiger partial charge is 0.479 e. The van der Waals surface area contributed by atoms with Crippen LogP contribution in [0.25, 0.3) is 0 Å². The van der Waals surface area contributed by atoms with E-state index in [9.17, 15) is 14.7 Å². The molecule has 0 fully saturated rings. The first-order valence-electron chi connectivity index (χ1n) is 10.5. The molecule has 0 aliphatic rings. The Morgan fingerprint density at radius 3 is 1.84 bits per heavy atom. The fourth-order valence-corrected chi connectivity index (χ4v) is 8.32. The summed E-state index contributed by atoms with van der Waals surface area (Å²) in [5.41, 5.74) is 0. The molecule has 0 spiro atoms. The van der Waals surface area contributed by atoms with Crippen LogP contribution in [0, 0.1) is 0 Å². The van der Waals surface area contributed by atoms with Gasteiger partial charge in [-0.2, -0.15) is 0 Å². The van der Waals surface area contributed by atoms with Gasteiger partial charge in [-0.05, 0) is 28.3 Å². The molecule has 2 rings (SSSR count). The van der Waals surface area contributed by atoms with Crippen LogP contribution in [0.4, 0.5) is 4.79 Å². The van der Waals surface area contributed by atoms with Crippen molar-refractivity contribution in [1.29, 1.82) is 0 Å². The minimum atomic E-state index is -2.66. The van der Waals surface area contributed by atoms with Gasteiger partial charge in [-0.3, -0.25) is 0 Å². The van der Waals surface area contributed by atoms with Crippen LogP contribution in [0.2, 0.25) is 5.04 Å². The highest BCUT2D eigenvalue weighted by molar-refractivity contribution is 6.99. The molecule has 6 nitrogen and oxygen atoms in total. The molecule has 2 aromatic rings. The minimum absolute atomic E-state index is 0.153. The van der Waals surface area contributed by atoms with E-state index in [1.54, 1.807) is 0 Å². The van der Waals surface area contributed by atoms with Gasteiger partial charge in [-0.25, -0.2) is 9.59 Å². The maximum atomic E-state index is 11.8. The Hall–Kier alpha value is -2.64. The van der Waals surface area contributed by atoms with Crippen LogP contribution >= 0.6 is 0 Å². The first-order chi connectivity index (χ1) is 14.6. The highest BCUT2D eigenvalue weighted by atomic mass is 28.4. The highest BCUT2D eigenvalue weighted by Gasteiger charge is 2.50. The number of nitrogens with zero attached hydrogens (tertiary/aromatic N) is 1. The van der Waals surface area contributed by atoms with Crippen molar-refractivity contribution in [1.82, 2.24) is 4.90 Å². The number of hydrogen-bond acceptors (Lipinski definition) is 4. The number of carboxylic acid groups (broad SMARTS) is 1. The van der Waals surface area contributed by atoms with Gasteiger partial charge in [0.25, 0.3) is 8.32 Å². The van der Waals surface area contributed by atoms with Gasteiger partial charge in [-0.1, -0.05) is 81.4 Å². The molecule has 31 heavy (non-hydrogen) atoms. The molecule has 7 heteroatoms. The second-order valence-electron chi connectivity index (χ2n) is 8.76. The third kappa shape index (κ3) is 5.95. The topological polar surface area (TPSA) is 76.1 Å². The Morgan fingerprint density at radius 1 is 0.968 bits per heavy atom. The van der Waals surface area contributed by atoms with E-state index in [0.717, 1.165) is 0 Å². The summed E-state index contributed by atoms with van der Waals surface area (Å²) >= 11 is 0. The van der Waals surface area contributed by atoms with Crippen molar-refractivity contribution in [3.8, 4) is 0 Å². The molecule has 1 N–H and O–H groups in total. The Morgan fingerprint density at radius 2 is 1.45 bits per heavy atom. The molecule has 0 saturated heterocycles. The lowest BCUT2D eigenvalue weighted by Crippen LogP contribution is -2.66. The lowest BCUT2D eigenvalue weighted by atomic mass is 10.2. The summed E-state index contributed by atoms with van der Waals surface area (Å²) in [4.78, 5) is 24.5. The SMILES string of the molecule is CN(C)C(=O)OC(CCCO[Si](c1ccccc1)(c1ccccc1)C(C)(C)C)C(=O)O. The average molecular weight is 444 g/mol. The van der Waals surface area contributed by atoms with E-state index in [1.165, 1.54) is 29.4 Å². The van der Waals surface area contributed by atoms with E-state index in [-0.39, 0.29) is 11.5 Å². The summed E-state index contributed by atoms with van der Waals surface area (Å²) in [5, 5.41) is 11.6. The van der Waals surface area contributed by atoms with Crippen LogP contribution in [0.3, 0.4) is 0 Å². The third-order valence-corrected chi connectivity index (χ3v) is 10.3. The maximum absolute atomic E-state index is 11.8. The van der Waals surface area contributed by atoms with Crippen molar-refractivity contribution in [3.63, 3.8) is 0 Å². The molecular weight excluding hydrogens is 410 g/mol. The normalized spacial score (nSPS) is 12.8. The summed E-state index contributed by atoms with van der Waals surface area (Å²) < 4.78 is 11.8. The van der Waals surface area contributed by atoms with Crippen molar-refractivity contribution in [2.45, 2.75) is 44.8 Å². The van der Waals surface area contributed by atoms with Crippen molar-refractivity contribution in [2.75, 3.05) is 20.7 Å². The van der Waals surface area contributed by atoms with Gasteiger partial charge >= 0.3 is 12.1 Å². The number of aliphatic carboxylic acids is 1. The molecule has 0 bridgehead atoms. The van der Waals surface area contributed by atoms with E-state index in [0.29, 0.717) is 13.0 Å². The maximum Gasteiger partial charge on any atom is 0.410 e. The Balaban J connectivity index is 2.25. The molecular formula is C24H33NO5Si. The molecule has 0 aliphatic heterocycles. The average Bonchev–Trinajstić information content (AvgIpc) is 2.73. The molecule has 168 valence electrons. The van der Waals surface area contributed by atoms with E-state index in [1.807, 2.05) is 36.4 Å². The predicted octanol–water partition coefficient (Wildman–Crippen LogP) is 3.49. The number of carboxylic acids is 1. The molecule has 1 atom stereocenters. The van der Waals surface area contributed by atoms with Crippen LogP contribution in [0.15, 0.2) is 60.7 Å². The van der Waals surface area contributed by atoms with Gasteiger partial charge in [0.2, 0.25) is 6.10 Å². The Labute approximate surface area is 185 Å². The van der Waals surface area contributed by atoms with Crippen LogP contribution in [-0.2, 0) is 14.0 Å². The first kappa shape index (κ1) is 24.6. The Bertz CT molecular complexity index is 810. The quantitative estimate of drug-likeness (QED) is 0.474. The summed E-state index contributed by atoms with van der Waals surface area (Å²) in [5.74, 6) is -1.15. The fraction of sp³-hybridized carbons (Fsp3) is 0.417. The van der Waals surface area contributed by atoms with Gasteiger partial charge in [0, 0.05) is 20.7 Å². The van der Waals surface area contributed by atoms with E-state index in [2.05, 4.69) is 45.0 Å². The minimum Gasteiger partial charge on any atom is -0.479 e. The molecule has 1 amide bonds. The molecule has 2 aromatic carbocycles. The lowest BCUT2D eigenvalue weighted by molar-refractivity contribution is -0.147. The third-order valence-electron chi connectivity index (χ3n) is 5.23. The van der Waals surface area contributed by atoms with Gasteiger partial charge in [0.1, 0.15) is 0 Å². The van der Waals surface area contributed by atoms with Crippen LogP contribution in [0.1, 0.15) is 33.6 Å². The molecule has 1 unspecified atom stereocenters. The van der Waals surface area contributed by atoms with Crippen molar-refractivity contribution < 1.29 is 23.9 Å². The van der Waals surface area contributed by atoms with Crippen molar-refractivity contribution >= 4 is 30.8 Å². The molecule has 0 aliphatic carbocycles. The number of carbonyl (C=O) groups excluding carboxylic acids is 1. The number of ether oxygens (including phenoxy) is 1. The summed E-state index contributed by atoms with van der Waals surface area (Å²) in [7, 11) is 0.381. The number of amides is 1. The zero-order valence-electron chi connectivity index (χ0n) is 19.0. The lowest BCUT2D eigenvalue weighted by Gasteiger charge is -2.43. The standard InChI is InChI=1S/C24H33NO5Si/c1-24(2,3)31(19-13-8-6-9-14-19,20-15-10-7-11-16-20)29-18-12-17-21(22(26)27)30-23(28)25(4)5/h6-11,13-16,21H,12,17-18H2,1-5H3,(H,26,27). The van der Waals surface area contributed by atoms with Crippen LogP contribution < -0.4 is 10.4 Å². The zero-order chi connectivity index (χ0) is 23.1. The number of benzene rings is 2. The predicted molar refractivity (Wildman–Crippen MR) is 124 cm³/mol. The highest BCUT2D eigenvalue weighted by Crippen LogP contribution is 2.36. The summed E-state index contributed by atoms with van der Waals surface area (Å²) in [6, 6.07) is 20.5. The number of hydrogen-bond donors (Lipinski definition) is 1. The van der Waals surface area contributed by atoms with Crippen LogP contribution in [-0.4, -0.2) is 57.2 Å². The molecule has 0 aromatic heterocycles. The van der Waals surface area contributed by atoms with Gasteiger partial charge < -0.3 is 19.2 Å². The first-order valence-corrected chi connectivity index (χ1v) is 12.4.